The Kier molecular flexibility index (Phi) is 4.56. The molecule has 0 saturated carbocycles. The van der Waals surface area contributed by atoms with E-state index in [0.29, 0.717) is 6.04 Å². The van der Waals surface area contributed by atoms with Gasteiger partial charge < -0.3 is 15.3 Å². The molecule has 3 unspecified atom stereocenters. The molecule has 90 valence electrons. The fourth-order valence-electron chi connectivity index (χ4n) is 2.37. The summed E-state index contributed by atoms with van der Waals surface area (Å²) in [4.78, 5) is 2.54. The number of likely N-dealkylation sites (tertiary alicyclic amines) is 1. The van der Waals surface area contributed by atoms with Crippen molar-refractivity contribution < 1.29 is 5.11 Å². The van der Waals surface area contributed by atoms with Gasteiger partial charge in [0.2, 0.25) is 0 Å². The minimum atomic E-state index is -0.119. The van der Waals surface area contributed by atoms with Crippen LogP contribution >= 0.6 is 0 Å². The molecule has 0 bridgehead atoms. The zero-order chi connectivity index (χ0) is 11.5. The SMILES string of the molecule is CNC(C)(CO)CCN1CC(C)CC1C. The molecule has 0 radical (unpaired) electrons. The molecule has 0 spiro atoms. The Morgan fingerprint density at radius 2 is 2.13 bits per heavy atom. The molecule has 0 amide bonds. The van der Waals surface area contributed by atoms with Crippen molar-refractivity contribution in [2.75, 3.05) is 26.7 Å². The number of aliphatic hydroxyl groups is 1. The molecule has 2 N–H and O–H groups in total. The number of nitrogens with one attached hydrogen (secondary N) is 1. The van der Waals surface area contributed by atoms with Crippen molar-refractivity contribution in [2.24, 2.45) is 5.92 Å². The standard InChI is InChI=1S/C12H26N2O/c1-10-7-11(2)14(8-10)6-5-12(3,9-15)13-4/h10-11,13,15H,5-9H2,1-4H3. The summed E-state index contributed by atoms with van der Waals surface area (Å²) in [5, 5.41) is 12.5. The van der Waals surface area contributed by atoms with Crippen molar-refractivity contribution in [3.05, 3.63) is 0 Å². The van der Waals surface area contributed by atoms with Crippen LogP contribution < -0.4 is 5.32 Å². The summed E-state index contributed by atoms with van der Waals surface area (Å²) in [6.45, 7) is 9.22. The van der Waals surface area contributed by atoms with Crippen molar-refractivity contribution in [1.82, 2.24) is 10.2 Å². The predicted octanol–water partition coefficient (Wildman–Crippen LogP) is 1.08. The molecule has 0 aromatic carbocycles. The summed E-state index contributed by atoms with van der Waals surface area (Å²) in [7, 11) is 1.92. The first kappa shape index (κ1) is 12.9. The maximum Gasteiger partial charge on any atom is 0.0610 e. The minimum Gasteiger partial charge on any atom is -0.394 e. The fourth-order valence-corrected chi connectivity index (χ4v) is 2.37. The van der Waals surface area contributed by atoms with E-state index >= 15 is 0 Å². The van der Waals surface area contributed by atoms with E-state index in [2.05, 4.69) is 31.0 Å². The van der Waals surface area contributed by atoms with E-state index in [1.165, 1.54) is 13.0 Å². The Morgan fingerprint density at radius 1 is 1.47 bits per heavy atom. The molecule has 1 aliphatic rings. The number of hydrogen-bond acceptors (Lipinski definition) is 3. The molecular formula is C12H26N2O. The molecule has 3 nitrogen and oxygen atoms in total. The zero-order valence-electron chi connectivity index (χ0n) is 10.6. The minimum absolute atomic E-state index is 0.119. The van der Waals surface area contributed by atoms with Crippen molar-refractivity contribution in [3.63, 3.8) is 0 Å². The normalized spacial score (nSPS) is 31.8. The summed E-state index contributed by atoms with van der Waals surface area (Å²) in [6.07, 6.45) is 2.33. The van der Waals surface area contributed by atoms with Crippen molar-refractivity contribution in [1.29, 1.82) is 0 Å². The third kappa shape index (κ3) is 3.44. The van der Waals surface area contributed by atoms with Crippen LogP contribution in [0.2, 0.25) is 0 Å². The van der Waals surface area contributed by atoms with Gasteiger partial charge in [0, 0.05) is 24.7 Å². The molecule has 1 saturated heterocycles. The van der Waals surface area contributed by atoms with Crippen LogP contribution in [0.5, 0.6) is 0 Å². The first-order valence-electron chi connectivity index (χ1n) is 6.04. The number of aliphatic hydroxyl groups excluding tert-OH is 1. The van der Waals surface area contributed by atoms with E-state index in [4.69, 9.17) is 0 Å². The van der Waals surface area contributed by atoms with Gasteiger partial charge in [-0.1, -0.05) is 6.92 Å². The quantitative estimate of drug-likeness (QED) is 0.719. The van der Waals surface area contributed by atoms with Crippen LogP contribution in [0, 0.1) is 5.92 Å². The van der Waals surface area contributed by atoms with Crippen LogP contribution in [0.4, 0.5) is 0 Å². The smallest absolute Gasteiger partial charge is 0.0610 e. The second kappa shape index (κ2) is 5.28. The van der Waals surface area contributed by atoms with Gasteiger partial charge in [0.15, 0.2) is 0 Å². The molecule has 1 heterocycles. The van der Waals surface area contributed by atoms with E-state index < -0.39 is 0 Å². The lowest BCUT2D eigenvalue weighted by Crippen LogP contribution is -2.46. The third-order valence-corrected chi connectivity index (χ3v) is 3.82. The Balaban J connectivity index is 2.36. The average Bonchev–Trinajstić information content (AvgIpc) is 2.54. The molecule has 15 heavy (non-hydrogen) atoms. The summed E-state index contributed by atoms with van der Waals surface area (Å²) < 4.78 is 0. The highest BCUT2D eigenvalue weighted by molar-refractivity contribution is 4.86. The summed E-state index contributed by atoms with van der Waals surface area (Å²) in [6, 6.07) is 0.708. The van der Waals surface area contributed by atoms with Crippen LogP contribution in [0.15, 0.2) is 0 Å². The monoisotopic (exact) mass is 214 g/mol. The van der Waals surface area contributed by atoms with Crippen LogP contribution in [-0.2, 0) is 0 Å². The Morgan fingerprint density at radius 3 is 2.53 bits per heavy atom. The summed E-state index contributed by atoms with van der Waals surface area (Å²) in [5.41, 5.74) is -0.119. The maximum absolute atomic E-state index is 9.30. The molecule has 1 aliphatic heterocycles. The first-order chi connectivity index (χ1) is 7.00. The van der Waals surface area contributed by atoms with Gasteiger partial charge in [0.25, 0.3) is 0 Å². The molecule has 0 aromatic heterocycles. The number of likely N-dealkylation sites (N-methyl/N-ethyl adjacent to an activating group) is 1. The predicted molar refractivity (Wildman–Crippen MR) is 64.0 cm³/mol. The number of hydrogen-bond donors (Lipinski definition) is 2. The molecule has 3 atom stereocenters. The Bertz CT molecular complexity index is 192. The van der Waals surface area contributed by atoms with Crippen LogP contribution in [0.3, 0.4) is 0 Å². The number of nitrogens with zero attached hydrogens (tertiary/aromatic N) is 1. The molecule has 3 heteroatoms. The van der Waals surface area contributed by atoms with Gasteiger partial charge in [0.05, 0.1) is 6.61 Å². The number of rotatable bonds is 5. The van der Waals surface area contributed by atoms with Crippen molar-refractivity contribution >= 4 is 0 Å². The highest BCUT2D eigenvalue weighted by Crippen LogP contribution is 2.23. The lowest BCUT2D eigenvalue weighted by molar-refractivity contribution is 0.149. The molecule has 1 fully saturated rings. The molecule has 1 rings (SSSR count). The van der Waals surface area contributed by atoms with Gasteiger partial charge in [-0.15, -0.1) is 0 Å². The topological polar surface area (TPSA) is 35.5 Å². The maximum atomic E-state index is 9.30. The molecule has 0 aromatic rings. The van der Waals surface area contributed by atoms with E-state index in [1.807, 2.05) is 7.05 Å². The lowest BCUT2D eigenvalue weighted by atomic mass is 9.99. The highest BCUT2D eigenvalue weighted by Gasteiger charge is 2.28. The first-order valence-corrected chi connectivity index (χ1v) is 6.04. The van der Waals surface area contributed by atoms with Gasteiger partial charge >= 0.3 is 0 Å². The Hall–Kier alpha value is -0.120. The van der Waals surface area contributed by atoms with Gasteiger partial charge in [-0.3, -0.25) is 0 Å². The molecule has 0 aliphatic carbocycles. The van der Waals surface area contributed by atoms with E-state index in [0.717, 1.165) is 18.9 Å². The average molecular weight is 214 g/mol. The molecular weight excluding hydrogens is 188 g/mol. The van der Waals surface area contributed by atoms with E-state index in [1.54, 1.807) is 0 Å². The highest BCUT2D eigenvalue weighted by atomic mass is 16.3. The lowest BCUT2D eigenvalue weighted by Gasteiger charge is -2.30. The van der Waals surface area contributed by atoms with Crippen molar-refractivity contribution in [3.8, 4) is 0 Å². The summed E-state index contributed by atoms with van der Waals surface area (Å²) in [5.74, 6) is 0.829. The summed E-state index contributed by atoms with van der Waals surface area (Å²) >= 11 is 0. The van der Waals surface area contributed by atoms with Crippen LogP contribution in [-0.4, -0.2) is 48.3 Å². The zero-order valence-corrected chi connectivity index (χ0v) is 10.6. The van der Waals surface area contributed by atoms with E-state index in [-0.39, 0.29) is 12.1 Å². The van der Waals surface area contributed by atoms with E-state index in [9.17, 15) is 5.11 Å². The van der Waals surface area contributed by atoms with Crippen LogP contribution in [0.25, 0.3) is 0 Å². The second-order valence-electron chi connectivity index (χ2n) is 5.40. The second-order valence-corrected chi connectivity index (χ2v) is 5.40. The van der Waals surface area contributed by atoms with Gasteiger partial charge in [-0.2, -0.15) is 0 Å². The van der Waals surface area contributed by atoms with Crippen molar-refractivity contribution in [2.45, 2.75) is 45.2 Å². The van der Waals surface area contributed by atoms with Crippen LogP contribution in [0.1, 0.15) is 33.6 Å². The third-order valence-electron chi connectivity index (χ3n) is 3.82. The van der Waals surface area contributed by atoms with Gasteiger partial charge in [-0.05, 0) is 39.7 Å². The largest absolute Gasteiger partial charge is 0.394 e. The Labute approximate surface area is 93.9 Å². The van der Waals surface area contributed by atoms with Gasteiger partial charge in [-0.25, -0.2) is 0 Å². The van der Waals surface area contributed by atoms with Gasteiger partial charge in [0.1, 0.15) is 0 Å². The fraction of sp³-hybridized carbons (Fsp3) is 1.00.